The van der Waals surface area contributed by atoms with Crippen LogP contribution < -0.4 is 4.74 Å². The summed E-state index contributed by atoms with van der Waals surface area (Å²) in [4.78, 5) is 13.9. The minimum atomic E-state index is -1.17. The van der Waals surface area contributed by atoms with Gasteiger partial charge in [0.2, 0.25) is 0 Å². The fraction of sp³-hybridized carbons (Fsp3) is 0.143. The maximum Gasteiger partial charge on any atom is 0.168 e. The topological polar surface area (TPSA) is 59.4 Å². The van der Waals surface area contributed by atoms with Crippen LogP contribution in [-0.2, 0) is 0 Å². The maximum absolute atomic E-state index is 10.5. The van der Waals surface area contributed by atoms with Crippen molar-refractivity contribution in [3.05, 3.63) is 23.0 Å². The minimum Gasteiger partial charge on any atom is -0.577 e. The highest BCUT2D eigenvalue weighted by Crippen LogP contribution is 2.18. The van der Waals surface area contributed by atoms with Gasteiger partial charge in [-0.1, -0.05) is 0 Å². The molecule has 0 aliphatic carbocycles. The number of aromatic carboxylic acids is 1. The quantitative estimate of drug-likeness (QED) is 0.553. The molecule has 12 heavy (non-hydrogen) atoms. The van der Waals surface area contributed by atoms with Crippen molar-refractivity contribution in [3.8, 4) is 5.75 Å². The second-order valence-electron chi connectivity index (χ2n) is 1.85. The van der Waals surface area contributed by atoms with Crippen LogP contribution in [0, 0.1) is 12.3 Å². The number of hydrogen-bond acceptors (Lipinski definition) is 3. The number of halogens is 1. The first kappa shape index (κ1) is 8.80. The van der Waals surface area contributed by atoms with E-state index in [9.17, 15) is 4.79 Å². The van der Waals surface area contributed by atoms with E-state index in [1.54, 1.807) is 0 Å². The second kappa shape index (κ2) is 3.40. The van der Waals surface area contributed by atoms with E-state index in [0.717, 1.165) is 0 Å². The smallest absolute Gasteiger partial charge is 0.168 e. The molecule has 0 bridgehead atoms. The van der Waals surface area contributed by atoms with Gasteiger partial charge in [-0.25, -0.2) is 0 Å². The molecule has 1 aromatic heterocycles. The molecule has 64 valence electrons. The number of carboxylic acids is 1. The first-order chi connectivity index (χ1) is 5.65. The molecule has 0 amide bonds. The van der Waals surface area contributed by atoms with Crippen LogP contribution >= 0.6 is 11.6 Å². The fourth-order valence-corrected chi connectivity index (χ4v) is 0.766. The van der Waals surface area contributed by atoms with Crippen molar-refractivity contribution < 1.29 is 14.6 Å². The van der Waals surface area contributed by atoms with Crippen LogP contribution in [0.5, 0.6) is 5.75 Å². The normalized spacial score (nSPS) is 9.50. The van der Waals surface area contributed by atoms with Gasteiger partial charge in [-0.3, -0.25) is 6.07 Å². The number of pyridine rings is 1. The number of carbonyl (C=O) groups is 1. The predicted octanol–water partition coefficient (Wildman–Crippen LogP) is 1.04. The van der Waals surface area contributed by atoms with Crippen LogP contribution in [0.3, 0.4) is 0 Å². The van der Waals surface area contributed by atoms with Gasteiger partial charge in [0.25, 0.3) is 0 Å². The predicted molar refractivity (Wildman–Crippen MR) is 40.4 cm³/mol. The molecule has 1 rings (SSSR count). The second-order valence-corrected chi connectivity index (χ2v) is 2.21. The Morgan fingerprint density at radius 2 is 2.42 bits per heavy atom. The molecule has 5 heteroatoms. The zero-order valence-corrected chi connectivity index (χ0v) is 6.84. The van der Waals surface area contributed by atoms with Crippen LogP contribution in [0.4, 0.5) is 0 Å². The highest BCUT2D eigenvalue weighted by molar-refractivity contribution is 6.29. The maximum atomic E-state index is 10.5. The van der Waals surface area contributed by atoms with Crippen molar-refractivity contribution in [1.82, 2.24) is 4.98 Å². The largest absolute Gasteiger partial charge is 0.577 e. The van der Waals surface area contributed by atoms with Gasteiger partial charge in [-0.05, 0) is 5.15 Å². The standard InChI is InChI=1S/C7H4ClNO3/c1-12-5-2-6(8)9-3-4(5)7(10)11/h1H3,(H,10,11)/q-2. The Balaban J connectivity index is 3.20. The van der Waals surface area contributed by atoms with Crippen molar-refractivity contribution in [2.45, 2.75) is 0 Å². The number of methoxy groups -OCH3 is 1. The molecule has 0 aliphatic rings. The lowest BCUT2D eigenvalue weighted by Crippen LogP contribution is -2.01. The van der Waals surface area contributed by atoms with E-state index < -0.39 is 5.97 Å². The summed E-state index contributed by atoms with van der Waals surface area (Å²) < 4.78 is 4.70. The number of aromatic nitrogens is 1. The van der Waals surface area contributed by atoms with Crippen LogP contribution in [0.1, 0.15) is 10.4 Å². The van der Waals surface area contributed by atoms with Crippen molar-refractivity contribution in [2.24, 2.45) is 0 Å². The minimum absolute atomic E-state index is 0.0249. The van der Waals surface area contributed by atoms with Crippen molar-refractivity contribution >= 4 is 17.6 Å². The average molecular weight is 186 g/mol. The molecule has 0 fully saturated rings. The van der Waals surface area contributed by atoms with Gasteiger partial charge in [0, 0.05) is 0 Å². The molecule has 0 atom stereocenters. The zero-order valence-electron chi connectivity index (χ0n) is 6.09. The molecular formula is C7H4ClNO3-2. The summed E-state index contributed by atoms with van der Waals surface area (Å²) in [6.45, 7) is 0. The third kappa shape index (κ3) is 1.65. The van der Waals surface area contributed by atoms with Crippen LogP contribution in [-0.4, -0.2) is 23.2 Å². The molecule has 4 nitrogen and oxygen atoms in total. The summed E-state index contributed by atoms with van der Waals surface area (Å²) in [5.41, 5.74) is -0.179. The third-order valence-electron chi connectivity index (χ3n) is 1.13. The van der Waals surface area contributed by atoms with Crippen LogP contribution in [0.25, 0.3) is 0 Å². The average Bonchev–Trinajstić information content (AvgIpc) is 2.03. The van der Waals surface area contributed by atoms with Gasteiger partial charge >= 0.3 is 0 Å². The molecule has 0 aliphatic heterocycles. The van der Waals surface area contributed by atoms with E-state index in [1.165, 1.54) is 7.11 Å². The summed E-state index contributed by atoms with van der Waals surface area (Å²) in [7, 11) is 1.32. The first-order valence-corrected chi connectivity index (χ1v) is 3.30. The lowest BCUT2D eigenvalue weighted by molar-refractivity contribution is 0.0692. The van der Waals surface area contributed by atoms with Gasteiger partial charge < -0.3 is 19.6 Å². The third-order valence-corrected chi connectivity index (χ3v) is 1.31. The molecular weight excluding hydrogens is 182 g/mol. The number of nitrogens with zero attached hydrogens (tertiary/aromatic N) is 1. The van der Waals surface area contributed by atoms with E-state index in [4.69, 9.17) is 21.4 Å². The fourth-order valence-electron chi connectivity index (χ4n) is 0.638. The van der Waals surface area contributed by atoms with Crippen LogP contribution in [0.15, 0.2) is 0 Å². The Morgan fingerprint density at radius 1 is 1.75 bits per heavy atom. The van der Waals surface area contributed by atoms with Crippen molar-refractivity contribution in [2.75, 3.05) is 7.11 Å². The SMILES string of the molecule is COc1[c-]c(Cl)n[c-]c1C(=O)O. The Morgan fingerprint density at radius 3 is 2.92 bits per heavy atom. The summed E-state index contributed by atoms with van der Waals surface area (Å²) in [6.07, 6.45) is 2.22. The first-order valence-electron chi connectivity index (χ1n) is 2.93. The van der Waals surface area contributed by atoms with E-state index in [-0.39, 0.29) is 16.5 Å². The molecule has 0 saturated carbocycles. The number of ether oxygens (including phenoxy) is 1. The van der Waals surface area contributed by atoms with E-state index in [2.05, 4.69) is 17.2 Å². The molecule has 0 unspecified atom stereocenters. The molecule has 0 spiro atoms. The molecule has 1 heterocycles. The van der Waals surface area contributed by atoms with Gasteiger partial charge in [0.05, 0.1) is 7.11 Å². The highest BCUT2D eigenvalue weighted by atomic mass is 35.5. The Labute approximate surface area is 73.8 Å². The molecule has 1 aromatic rings. The van der Waals surface area contributed by atoms with E-state index >= 15 is 0 Å². The Hall–Kier alpha value is -1.29. The Bertz CT molecular complexity index is 314. The van der Waals surface area contributed by atoms with E-state index in [1.807, 2.05) is 0 Å². The number of hydrogen-bond donors (Lipinski definition) is 1. The summed E-state index contributed by atoms with van der Waals surface area (Å²) in [5.74, 6) is -1.14. The lowest BCUT2D eigenvalue weighted by Gasteiger charge is -2.22. The lowest BCUT2D eigenvalue weighted by atomic mass is 10.2. The number of rotatable bonds is 2. The van der Waals surface area contributed by atoms with Gasteiger partial charge in [-0.2, -0.15) is 5.56 Å². The van der Waals surface area contributed by atoms with Crippen LogP contribution in [0.2, 0.25) is 5.15 Å². The number of carboxylic acid groups (broad SMARTS) is 1. The van der Waals surface area contributed by atoms with Crippen molar-refractivity contribution in [3.63, 3.8) is 0 Å². The van der Waals surface area contributed by atoms with Crippen molar-refractivity contribution in [1.29, 1.82) is 0 Å². The summed E-state index contributed by atoms with van der Waals surface area (Å²) in [5, 5.41) is 8.60. The molecule has 0 radical (unpaired) electrons. The van der Waals surface area contributed by atoms with Gasteiger partial charge in [-0.15, -0.1) is 23.5 Å². The zero-order chi connectivity index (χ0) is 9.14. The monoisotopic (exact) mass is 185 g/mol. The molecule has 0 saturated heterocycles. The summed E-state index contributed by atoms with van der Waals surface area (Å²) >= 11 is 5.43. The van der Waals surface area contributed by atoms with Gasteiger partial charge in [0.1, 0.15) is 0 Å². The Kier molecular flexibility index (Phi) is 2.50. The summed E-state index contributed by atoms with van der Waals surface area (Å²) in [6, 6.07) is 2.43. The molecule has 1 N–H and O–H groups in total. The van der Waals surface area contributed by atoms with Gasteiger partial charge in [0.15, 0.2) is 5.97 Å². The van der Waals surface area contributed by atoms with E-state index in [0.29, 0.717) is 0 Å². The highest BCUT2D eigenvalue weighted by Gasteiger charge is 1.89. The molecule has 0 aromatic carbocycles.